The second-order valence-corrected chi connectivity index (χ2v) is 5.73. The Morgan fingerprint density at radius 2 is 1.87 bits per heavy atom. The van der Waals surface area contributed by atoms with Crippen LogP contribution in [-0.4, -0.2) is 16.6 Å². The van der Waals surface area contributed by atoms with Crippen molar-refractivity contribution in [2.24, 2.45) is 0 Å². The van der Waals surface area contributed by atoms with Gasteiger partial charge in [0, 0.05) is 6.54 Å². The summed E-state index contributed by atoms with van der Waals surface area (Å²) in [4.78, 5) is 0. The fourth-order valence-electron chi connectivity index (χ4n) is 1.53. The van der Waals surface area contributed by atoms with Crippen LogP contribution in [0.5, 0.6) is 0 Å². The molecule has 82 valence electrons. The van der Waals surface area contributed by atoms with Crippen molar-refractivity contribution in [3.63, 3.8) is 0 Å². The molecule has 1 aromatic carbocycles. The summed E-state index contributed by atoms with van der Waals surface area (Å²) in [5.41, 5.74) is 1.08. The molecule has 2 unspecified atom stereocenters. The van der Waals surface area contributed by atoms with Crippen molar-refractivity contribution in [1.29, 1.82) is 0 Å². The average molecular weight is 267 g/mol. The zero-order valence-electron chi connectivity index (χ0n) is 7.79. The molecule has 0 bridgehead atoms. The lowest BCUT2D eigenvalue weighted by atomic mass is 10.1. The van der Waals surface area contributed by atoms with Crippen molar-refractivity contribution in [2.75, 3.05) is 6.54 Å². The van der Waals surface area contributed by atoms with Gasteiger partial charge in [0.25, 0.3) is 0 Å². The van der Waals surface area contributed by atoms with E-state index in [1.807, 2.05) is 30.3 Å². The van der Waals surface area contributed by atoms with Crippen LogP contribution in [0.4, 0.5) is 0 Å². The molecule has 0 saturated carbocycles. The molecule has 1 heterocycles. The highest BCUT2D eigenvalue weighted by Crippen LogP contribution is 2.36. The maximum absolute atomic E-state index is 5.74. The summed E-state index contributed by atoms with van der Waals surface area (Å²) in [5, 5.41) is 3.03. The molecule has 1 fully saturated rings. The van der Waals surface area contributed by atoms with Gasteiger partial charge in [-0.3, -0.25) is 5.32 Å². The molecular formula is C10H10Cl3NO. The smallest absolute Gasteiger partial charge is 0.229 e. The zero-order chi connectivity index (χ0) is 10.9. The normalized spacial score (nSPS) is 26.9. The van der Waals surface area contributed by atoms with Crippen LogP contribution in [0.25, 0.3) is 0 Å². The first kappa shape index (κ1) is 11.5. The third-order valence-corrected chi connectivity index (χ3v) is 2.85. The van der Waals surface area contributed by atoms with Gasteiger partial charge in [0.05, 0.1) is 6.10 Å². The van der Waals surface area contributed by atoms with Crippen LogP contribution in [0.15, 0.2) is 30.3 Å². The minimum absolute atomic E-state index is 0.0492. The minimum atomic E-state index is -1.43. The maximum Gasteiger partial charge on any atom is 0.229 e. The van der Waals surface area contributed by atoms with Crippen molar-refractivity contribution in [3.05, 3.63) is 35.9 Å². The van der Waals surface area contributed by atoms with E-state index in [4.69, 9.17) is 39.5 Å². The molecule has 2 rings (SSSR count). The summed E-state index contributed by atoms with van der Waals surface area (Å²) < 4.78 is 4.18. The van der Waals surface area contributed by atoms with E-state index < -0.39 is 10.0 Å². The molecule has 1 aromatic rings. The van der Waals surface area contributed by atoms with Gasteiger partial charge in [0.2, 0.25) is 3.79 Å². The van der Waals surface area contributed by atoms with Crippen LogP contribution in [0.2, 0.25) is 0 Å². The van der Waals surface area contributed by atoms with E-state index in [0.29, 0.717) is 6.54 Å². The van der Waals surface area contributed by atoms with Crippen LogP contribution in [0.1, 0.15) is 11.7 Å². The predicted molar refractivity (Wildman–Crippen MR) is 62.3 cm³/mol. The van der Waals surface area contributed by atoms with E-state index in [1.165, 1.54) is 0 Å². The molecule has 0 aromatic heterocycles. The van der Waals surface area contributed by atoms with E-state index in [1.54, 1.807) is 0 Å². The first-order valence-corrected chi connectivity index (χ1v) is 5.71. The van der Waals surface area contributed by atoms with E-state index in [0.717, 1.165) is 5.56 Å². The van der Waals surface area contributed by atoms with Gasteiger partial charge in [0.1, 0.15) is 0 Å². The van der Waals surface area contributed by atoms with Crippen molar-refractivity contribution in [2.45, 2.75) is 16.1 Å². The summed E-state index contributed by atoms with van der Waals surface area (Å²) in [5.74, 6) is 0. The molecule has 0 aliphatic carbocycles. The Kier molecular flexibility index (Phi) is 3.43. The highest BCUT2D eigenvalue weighted by atomic mass is 35.6. The molecule has 0 radical (unpaired) electrons. The summed E-state index contributed by atoms with van der Waals surface area (Å²) >= 11 is 17.2. The van der Waals surface area contributed by atoms with E-state index in [2.05, 4.69) is 5.32 Å². The van der Waals surface area contributed by atoms with Gasteiger partial charge in [-0.1, -0.05) is 65.1 Å². The van der Waals surface area contributed by atoms with E-state index in [9.17, 15) is 0 Å². The first-order valence-electron chi connectivity index (χ1n) is 4.58. The van der Waals surface area contributed by atoms with Gasteiger partial charge >= 0.3 is 0 Å². The van der Waals surface area contributed by atoms with E-state index >= 15 is 0 Å². The Labute approximate surface area is 103 Å². The van der Waals surface area contributed by atoms with Crippen LogP contribution < -0.4 is 5.32 Å². The molecule has 0 spiro atoms. The van der Waals surface area contributed by atoms with Crippen LogP contribution in [0.3, 0.4) is 0 Å². The molecule has 2 atom stereocenters. The van der Waals surface area contributed by atoms with Crippen molar-refractivity contribution in [3.8, 4) is 0 Å². The fourth-order valence-corrected chi connectivity index (χ4v) is 1.92. The second kappa shape index (κ2) is 4.48. The Balaban J connectivity index is 2.05. The zero-order valence-corrected chi connectivity index (χ0v) is 10.1. The lowest BCUT2D eigenvalue weighted by molar-refractivity contribution is 0.0437. The van der Waals surface area contributed by atoms with Crippen LogP contribution in [0, 0.1) is 0 Å². The second-order valence-electron chi connectivity index (χ2n) is 3.37. The largest absolute Gasteiger partial charge is 0.350 e. The van der Waals surface area contributed by atoms with Gasteiger partial charge in [-0.15, -0.1) is 0 Å². The number of rotatable bonds is 1. The molecule has 15 heavy (non-hydrogen) atoms. The Morgan fingerprint density at radius 3 is 2.40 bits per heavy atom. The topological polar surface area (TPSA) is 21.3 Å². The van der Waals surface area contributed by atoms with Crippen LogP contribution in [-0.2, 0) is 4.74 Å². The summed E-state index contributed by atoms with van der Waals surface area (Å²) in [6.45, 7) is 0.655. The quantitative estimate of drug-likeness (QED) is 0.789. The molecular weight excluding hydrogens is 256 g/mol. The molecule has 5 heteroatoms. The number of nitrogens with one attached hydrogen (secondary N) is 1. The van der Waals surface area contributed by atoms with Gasteiger partial charge in [-0.25, -0.2) is 0 Å². The van der Waals surface area contributed by atoms with Gasteiger partial charge in [0.15, 0.2) is 6.23 Å². The summed E-state index contributed by atoms with van der Waals surface area (Å²) in [6.07, 6.45) is -0.598. The third kappa shape index (κ3) is 2.77. The van der Waals surface area contributed by atoms with Gasteiger partial charge < -0.3 is 4.74 Å². The average Bonchev–Trinajstić information content (AvgIpc) is 2.67. The monoisotopic (exact) mass is 265 g/mol. The standard InChI is InChI=1S/C10H10Cl3NO/c11-10(12,13)9-14-6-8(15-9)7-4-2-1-3-5-7/h1-5,8-9,14H,6H2. The van der Waals surface area contributed by atoms with Gasteiger partial charge in [-0.05, 0) is 5.56 Å². The Morgan fingerprint density at radius 1 is 1.20 bits per heavy atom. The Bertz CT molecular complexity index is 325. The number of benzene rings is 1. The predicted octanol–water partition coefficient (Wildman–Crippen LogP) is 3.04. The van der Waals surface area contributed by atoms with Crippen LogP contribution >= 0.6 is 34.8 Å². The lowest BCUT2D eigenvalue weighted by Crippen LogP contribution is -2.35. The van der Waals surface area contributed by atoms with Crippen molar-refractivity contribution < 1.29 is 4.74 Å². The minimum Gasteiger partial charge on any atom is -0.350 e. The molecule has 1 N–H and O–H groups in total. The van der Waals surface area contributed by atoms with Crippen molar-refractivity contribution >= 4 is 34.8 Å². The van der Waals surface area contributed by atoms with Gasteiger partial charge in [-0.2, -0.15) is 0 Å². The van der Waals surface area contributed by atoms with E-state index in [-0.39, 0.29) is 6.10 Å². The molecule has 0 amide bonds. The highest BCUT2D eigenvalue weighted by Gasteiger charge is 2.39. The fraction of sp³-hybridized carbons (Fsp3) is 0.400. The molecule has 1 saturated heterocycles. The number of ether oxygens (including phenoxy) is 1. The number of halogens is 3. The highest BCUT2D eigenvalue weighted by molar-refractivity contribution is 6.68. The van der Waals surface area contributed by atoms with Crippen molar-refractivity contribution in [1.82, 2.24) is 5.32 Å². The maximum atomic E-state index is 5.74. The molecule has 1 aliphatic rings. The lowest BCUT2D eigenvalue weighted by Gasteiger charge is -2.19. The number of hydrogen-bond acceptors (Lipinski definition) is 2. The Hall–Kier alpha value is 0.01000. The molecule has 2 nitrogen and oxygen atoms in total. The summed E-state index contributed by atoms with van der Waals surface area (Å²) in [6, 6.07) is 9.86. The third-order valence-electron chi connectivity index (χ3n) is 2.26. The number of hydrogen-bond donors (Lipinski definition) is 1. The SMILES string of the molecule is ClC(Cl)(Cl)C1NCC(c2ccccc2)O1. The first-order chi connectivity index (χ1) is 7.07. The summed E-state index contributed by atoms with van der Waals surface area (Å²) in [7, 11) is 0. The number of alkyl halides is 3. The molecule has 1 aliphatic heterocycles.